The van der Waals surface area contributed by atoms with Crippen LogP contribution in [0.25, 0.3) is 22.2 Å². The molecular weight excluding hydrogens is 444 g/mol. The summed E-state index contributed by atoms with van der Waals surface area (Å²) < 4.78 is 13.3. The summed E-state index contributed by atoms with van der Waals surface area (Å²) >= 11 is 6.18. The summed E-state index contributed by atoms with van der Waals surface area (Å²) in [7, 11) is -1.18. The highest BCUT2D eigenvalue weighted by atomic mass is 35.5. The molecule has 3 heterocycles. The Morgan fingerprint density at radius 2 is 1.94 bits per heavy atom. The molecule has 0 unspecified atom stereocenters. The molecule has 172 valence electrons. The number of carbonyl (C=O) groups excluding carboxylic acids is 1. The molecule has 3 aromatic rings. The highest BCUT2D eigenvalue weighted by Gasteiger charge is 2.20. The van der Waals surface area contributed by atoms with E-state index < -0.39 is 19.8 Å². The smallest absolute Gasteiger partial charge is 0.413 e. The molecule has 9 heteroatoms. The van der Waals surface area contributed by atoms with Crippen molar-refractivity contribution in [1.82, 2.24) is 14.5 Å². The fourth-order valence-corrected chi connectivity index (χ4v) is 4.02. The van der Waals surface area contributed by atoms with Gasteiger partial charge in [-0.05, 0) is 51.1 Å². The Morgan fingerprint density at radius 1 is 1.19 bits per heavy atom. The van der Waals surface area contributed by atoms with Crippen LogP contribution in [-0.4, -0.2) is 40.9 Å². The molecule has 1 amide bonds. The zero-order chi connectivity index (χ0) is 23.5. The number of hydrogen-bond acceptors (Lipinski definition) is 5. The number of halogens is 1. The quantitative estimate of drug-likeness (QED) is 0.243. The number of fused-ring (bicyclic) bond motifs is 1. The molecule has 0 atom stereocenters. The Labute approximate surface area is 195 Å². The maximum atomic E-state index is 12.4. The van der Waals surface area contributed by atoms with Gasteiger partial charge >= 0.3 is 6.09 Å². The van der Waals surface area contributed by atoms with Crippen LogP contribution in [0.2, 0.25) is 30.8 Å². The Bertz CT molecular complexity index is 1100. The highest BCUT2D eigenvalue weighted by molar-refractivity contribution is 6.76. The number of amides is 1. The number of pyridine rings is 2. The van der Waals surface area contributed by atoms with Gasteiger partial charge in [-0.2, -0.15) is 0 Å². The summed E-state index contributed by atoms with van der Waals surface area (Å²) in [5.41, 5.74) is 1.74. The van der Waals surface area contributed by atoms with Gasteiger partial charge in [0, 0.05) is 43.6 Å². The van der Waals surface area contributed by atoms with Crippen molar-refractivity contribution in [2.75, 3.05) is 11.9 Å². The summed E-state index contributed by atoms with van der Waals surface area (Å²) in [4.78, 5) is 21.2. The number of ether oxygens (including phenoxy) is 2. The van der Waals surface area contributed by atoms with Crippen LogP contribution in [0.4, 0.5) is 10.6 Å². The lowest BCUT2D eigenvalue weighted by molar-refractivity contribution is 0.0635. The average molecular weight is 475 g/mol. The predicted octanol–water partition coefficient (Wildman–Crippen LogP) is 6.41. The number of nitrogens with zero attached hydrogens (tertiary/aromatic N) is 3. The van der Waals surface area contributed by atoms with Crippen LogP contribution in [0.3, 0.4) is 0 Å². The van der Waals surface area contributed by atoms with Crippen molar-refractivity contribution in [3.63, 3.8) is 0 Å². The molecule has 0 bridgehead atoms. The SMILES string of the molecule is CC(C)(C)OC(=O)Nc1ncccc1-c1cn(COCC[Si](C)(C)C)c2nc(Cl)ccc12. The molecule has 0 spiro atoms. The minimum atomic E-state index is -1.18. The van der Waals surface area contributed by atoms with Gasteiger partial charge in [-0.15, -0.1) is 0 Å². The molecule has 32 heavy (non-hydrogen) atoms. The van der Waals surface area contributed by atoms with E-state index in [0.717, 1.165) is 22.6 Å². The lowest BCUT2D eigenvalue weighted by Crippen LogP contribution is -2.27. The van der Waals surface area contributed by atoms with Gasteiger partial charge in [-0.3, -0.25) is 5.32 Å². The first-order chi connectivity index (χ1) is 14.9. The summed E-state index contributed by atoms with van der Waals surface area (Å²) in [6, 6.07) is 8.48. The number of rotatable bonds is 7. The number of nitrogens with one attached hydrogen (secondary N) is 1. The summed E-state index contributed by atoms with van der Waals surface area (Å²) in [6.45, 7) is 13.5. The molecule has 7 nitrogen and oxygen atoms in total. The molecule has 0 aliphatic rings. The largest absolute Gasteiger partial charge is 0.444 e. The fourth-order valence-electron chi connectivity index (χ4n) is 3.12. The van der Waals surface area contributed by atoms with Gasteiger partial charge in [0.25, 0.3) is 0 Å². The zero-order valence-electron chi connectivity index (χ0n) is 19.5. The van der Waals surface area contributed by atoms with E-state index in [-0.39, 0.29) is 0 Å². The van der Waals surface area contributed by atoms with E-state index in [9.17, 15) is 4.79 Å². The second-order valence-corrected chi connectivity index (χ2v) is 15.9. The predicted molar refractivity (Wildman–Crippen MR) is 132 cm³/mol. The van der Waals surface area contributed by atoms with Crippen molar-refractivity contribution in [1.29, 1.82) is 0 Å². The molecule has 0 radical (unpaired) electrons. The Hall–Kier alpha value is -2.42. The molecular formula is C23H31ClN4O3Si. The molecule has 3 aromatic heterocycles. The number of aromatic nitrogens is 3. The van der Waals surface area contributed by atoms with E-state index in [4.69, 9.17) is 21.1 Å². The van der Waals surface area contributed by atoms with Gasteiger partial charge in [0.2, 0.25) is 0 Å². The van der Waals surface area contributed by atoms with Crippen LogP contribution in [0.15, 0.2) is 36.7 Å². The Kier molecular flexibility index (Phi) is 7.27. The second-order valence-electron chi connectivity index (χ2n) is 9.89. The van der Waals surface area contributed by atoms with Gasteiger partial charge in [0.15, 0.2) is 0 Å². The van der Waals surface area contributed by atoms with Crippen LogP contribution in [-0.2, 0) is 16.2 Å². The van der Waals surface area contributed by atoms with Gasteiger partial charge in [0.1, 0.15) is 29.0 Å². The average Bonchev–Trinajstić information content (AvgIpc) is 3.01. The van der Waals surface area contributed by atoms with Crippen LogP contribution in [0.5, 0.6) is 0 Å². The maximum Gasteiger partial charge on any atom is 0.413 e. The van der Waals surface area contributed by atoms with Crippen molar-refractivity contribution >= 4 is 42.6 Å². The molecule has 0 fully saturated rings. The molecule has 0 saturated heterocycles. The lowest BCUT2D eigenvalue weighted by Gasteiger charge is -2.20. The van der Waals surface area contributed by atoms with Gasteiger partial charge < -0.3 is 14.0 Å². The van der Waals surface area contributed by atoms with Gasteiger partial charge in [-0.25, -0.2) is 14.8 Å². The summed E-state index contributed by atoms with van der Waals surface area (Å²) in [5, 5.41) is 4.06. The zero-order valence-corrected chi connectivity index (χ0v) is 21.3. The third-order valence-electron chi connectivity index (χ3n) is 4.63. The van der Waals surface area contributed by atoms with Crippen molar-refractivity contribution < 1.29 is 14.3 Å². The van der Waals surface area contributed by atoms with Crippen molar-refractivity contribution in [3.05, 3.63) is 41.8 Å². The standard InChI is InChI=1S/C23H31ClN4O3Si/c1-23(2,3)31-22(29)27-20-16(8-7-11-25-20)18-14-28(15-30-12-13-32(4,5)6)21-17(18)9-10-19(24)26-21/h7-11,14H,12-13,15H2,1-6H3,(H,25,27,29). The maximum absolute atomic E-state index is 12.4. The Morgan fingerprint density at radius 3 is 2.62 bits per heavy atom. The molecule has 0 saturated carbocycles. The van der Waals surface area contributed by atoms with Crippen LogP contribution >= 0.6 is 11.6 Å². The van der Waals surface area contributed by atoms with Gasteiger partial charge in [0.05, 0.1) is 0 Å². The number of carbonyl (C=O) groups is 1. The second kappa shape index (κ2) is 9.60. The minimum absolute atomic E-state index is 0.364. The lowest BCUT2D eigenvalue weighted by atomic mass is 10.1. The van der Waals surface area contributed by atoms with E-state index in [1.165, 1.54) is 0 Å². The van der Waals surface area contributed by atoms with E-state index in [2.05, 4.69) is 34.9 Å². The monoisotopic (exact) mass is 474 g/mol. The van der Waals surface area contributed by atoms with E-state index in [1.54, 1.807) is 12.3 Å². The fraction of sp³-hybridized carbons (Fsp3) is 0.435. The van der Waals surface area contributed by atoms with Crippen LogP contribution in [0.1, 0.15) is 20.8 Å². The van der Waals surface area contributed by atoms with Crippen molar-refractivity contribution in [3.8, 4) is 11.1 Å². The van der Waals surface area contributed by atoms with E-state index >= 15 is 0 Å². The number of hydrogen-bond donors (Lipinski definition) is 1. The molecule has 0 aromatic carbocycles. The summed E-state index contributed by atoms with van der Waals surface area (Å²) in [6.07, 6.45) is 3.03. The van der Waals surface area contributed by atoms with Crippen molar-refractivity contribution in [2.45, 2.75) is 58.8 Å². The molecule has 0 aliphatic carbocycles. The van der Waals surface area contributed by atoms with E-state index in [0.29, 0.717) is 30.0 Å². The summed E-state index contributed by atoms with van der Waals surface area (Å²) in [5.74, 6) is 0.412. The Balaban J connectivity index is 1.93. The third-order valence-corrected chi connectivity index (χ3v) is 6.55. The first kappa shape index (κ1) is 24.2. The normalized spacial score (nSPS) is 12.2. The third kappa shape index (κ3) is 6.54. The van der Waals surface area contributed by atoms with Gasteiger partial charge in [-0.1, -0.05) is 31.2 Å². The first-order valence-corrected chi connectivity index (χ1v) is 14.7. The minimum Gasteiger partial charge on any atom is -0.444 e. The highest BCUT2D eigenvalue weighted by Crippen LogP contribution is 2.34. The molecule has 0 aliphatic heterocycles. The molecule has 1 N–H and O–H groups in total. The van der Waals surface area contributed by atoms with Crippen molar-refractivity contribution in [2.24, 2.45) is 0 Å². The topological polar surface area (TPSA) is 78.3 Å². The first-order valence-electron chi connectivity index (χ1n) is 10.6. The van der Waals surface area contributed by atoms with Crippen LogP contribution in [0, 0.1) is 0 Å². The van der Waals surface area contributed by atoms with E-state index in [1.807, 2.05) is 49.7 Å². The number of anilines is 1. The van der Waals surface area contributed by atoms with Crippen LogP contribution < -0.4 is 5.32 Å². The molecule has 3 rings (SSSR count).